The van der Waals surface area contributed by atoms with Crippen molar-refractivity contribution in [3.05, 3.63) is 24.3 Å². The Morgan fingerprint density at radius 2 is 2.25 bits per heavy atom. The van der Waals surface area contributed by atoms with Crippen molar-refractivity contribution in [1.82, 2.24) is 5.32 Å². The summed E-state index contributed by atoms with van der Waals surface area (Å²) in [4.78, 5) is 26.3. The number of aliphatic hydroxyl groups is 1. The Hall–Kier alpha value is -1.73. The van der Waals surface area contributed by atoms with Crippen LogP contribution in [-0.2, 0) is 9.59 Å². The molecule has 1 aromatic carbocycles. The quantitative estimate of drug-likeness (QED) is 0.737. The van der Waals surface area contributed by atoms with E-state index in [0.717, 1.165) is 5.75 Å². The number of aliphatic hydroxyl groups excluding tert-OH is 1. The number of para-hydroxylation sites is 2. The summed E-state index contributed by atoms with van der Waals surface area (Å²) in [5.74, 6) is 0.790. The molecule has 2 N–H and O–H groups in total. The van der Waals surface area contributed by atoms with E-state index in [9.17, 15) is 14.7 Å². The van der Waals surface area contributed by atoms with Gasteiger partial charge in [0.25, 0.3) is 0 Å². The Morgan fingerprint density at radius 1 is 1.50 bits per heavy atom. The van der Waals surface area contributed by atoms with Crippen LogP contribution < -0.4 is 15.0 Å². The number of carbonyl (C=O) groups is 2. The van der Waals surface area contributed by atoms with Crippen LogP contribution in [-0.4, -0.2) is 55.2 Å². The smallest absolute Gasteiger partial charge is 0.227 e. The van der Waals surface area contributed by atoms with Crippen LogP contribution in [0.1, 0.15) is 12.8 Å². The molecule has 1 aromatic rings. The van der Waals surface area contributed by atoms with E-state index in [4.69, 9.17) is 4.74 Å². The highest BCUT2D eigenvalue weighted by atomic mass is 32.2. The number of hydrogen-bond acceptors (Lipinski definition) is 5. The summed E-state index contributed by atoms with van der Waals surface area (Å²) in [5.41, 5.74) is 0.682. The highest BCUT2D eigenvalue weighted by Crippen LogP contribution is 2.32. The summed E-state index contributed by atoms with van der Waals surface area (Å²) in [6, 6.07) is 7.01. The number of hydrogen-bond donors (Lipinski definition) is 2. The van der Waals surface area contributed by atoms with Crippen LogP contribution in [0.3, 0.4) is 0 Å². The molecule has 2 amide bonds. The minimum absolute atomic E-state index is 0.0932. The molecule has 1 fully saturated rings. The number of carbonyl (C=O) groups excluding carboxylic acids is 2. The second kappa shape index (κ2) is 8.94. The van der Waals surface area contributed by atoms with E-state index >= 15 is 0 Å². The average molecular weight is 352 g/mol. The minimum atomic E-state index is -0.411. The van der Waals surface area contributed by atoms with Crippen LogP contribution in [0.2, 0.25) is 0 Å². The molecule has 1 aliphatic rings. The van der Waals surface area contributed by atoms with Gasteiger partial charge in [-0.05, 0) is 30.6 Å². The highest BCUT2D eigenvalue weighted by molar-refractivity contribution is 7.98. The molecule has 1 aliphatic heterocycles. The standard InChI is InChI=1S/C17H24N2O4S/c1-23-15-6-4-3-5-14(15)19-10-12(9-16(19)21)17(22)18-13(11-20)7-8-24-2/h3-6,12-13,20H,7-11H2,1-2H3,(H,18,22)/t12?,13-/m0/s1. The first kappa shape index (κ1) is 18.6. The molecule has 0 aliphatic carbocycles. The van der Waals surface area contributed by atoms with Crippen molar-refractivity contribution in [3.63, 3.8) is 0 Å². The summed E-state index contributed by atoms with van der Waals surface area (Å²) in [7, 11) is 1.56. The summed E-state index contributed by atoms with van der Waals surface area (Å²) >= 11 is 1.67. The number of methoxy groups -OCH3 is 1. The summed E-state index contributed by atoms with van der Waals surface area (Å²) in [6.45, 7) is 0.231. The number of anilines is 1. The van der Waals surface area contributed by atoms with E-state index in [-0.39, 0.29) is 30.9 Å². The fraction of sp³-hybridized carbons (Fsp3) is 0.529. The number of amides is 2. The van der Waals surface area contributed by atoms with Crippen molar-refractivity contribution >= 4 is 29.3 Å². The van der Waals surface area contributed by atoms with Crippen molar-refractivity contribution < 1.29 is 19.4 Å². The number of nitrogens with zero attached hydrogens (tertiary/aromatic N) is 1. The van der Waals surface area contributed by atoms with Gasteiger partial charge in [-0.15, -0.1) is 0 Å². The van der Waals surface area contributed by atoms with Gasteiger partial charge in [0.05, 0.1) is 31.4 Å². The van der Waals surface area contributed by atoms with Crippen molar-refractivity contribution in [2.24, 2.45) is 5.92 Å². The van der Waals surface area contributed by atoms with E-state index in [1.165, 1.54) is 0 Å². The summed E-state index contributed by atoms with van der Waals surface area (Å²) < 4.78 is 5.30. The van der Waals surface area contributed by atoms with Crippen LogP contribution in [0.5, 0.6) is 5.75 Å². The number of benzene rings is 1. The largest absolute Gasteiger partial charge is 0.495 e. The molecule has 1 saturated heterocycles. The lowest BCUT2D eigenvalue weighted by molar-refractivity contribution is -0.127. The zero-order valence-electron chi connectivity index (χ0n) is 14.0. The van der Waals surface area contributed by atoms with Crippen molar-refractivity contribution in [1.29, 1.82) is 0 Å². The predicted octanol–water partition coefficient (Wildman–Crippen LogP) is 1.28. The molecule has 7 heteroatoms. The van der Waals surface area contributed by atoms with Gasteiger partial charge in [-0.1, -0.05) is 12.1 Å². The summed E-state index contributed by atoms with van der Waals surface area (Å²) in [5, 5.41) is 12.2. The van der Waals surface area contributed by atoms with Gasteiger partial charge in [-0.3, -0.25) is 9.59 Å². The van der Waals surface area contributed by atoms with Gasteiger partial charge < -0.3 is 20.1 Å². The zero-order valence-corrected chi connectivity index (χ0v) is 14.8. The van der Waals surface area contributed by atoms with Crippen LogP contribution >= 0.6 is 11.8 Å². The number of ether oxygens (including phenoxy) is 1. The number of thioether (sulfide) groups is 1. The third-order valence-electron chi connectivity index (χ3n) is 4.11. The molecule has 24 heavy (non-hydrogen) atoms. The first-order valence-corrected chi connectivity index (χ1v) is 9.33. The molecule has 0 bridgehead atoms. The van der Waals surface area contributed by atoms with Gasteiger partial charge in [0, 0.05) is 13.0 Å². The Labute approximate surface area is 146 Å². The molecule has 0 spiro atoms. The van der Waals surface area contributed by atoms with Crippen molar-refractivity contribution in [3.8, 4) is 5.75 Å². The first-order valence-electron chi connectivity index (χ1n) is 7.94. The molecule has 6 nitrogen and oxygen atoms in total. The number of nitrogens with one attached hydrogen (secondary N) is 1. The lowest BCUT2D eigenvalue weighted by atomic mass is 10.1. The molecular formula is C17H24N2O4S. The lowest BCUT2D eigenvalue weighted by Gasteiger charge is -2.20. The molecule has 1 unspecified atom stereocenters. The lowest BCUT2D eigenvalue weighted by Crippen LogP contribution is -2.42. The molecule has 0 saturated carbocycles. The second-order valence-electron chi connectivity index (χ2n) is 5.75. The topological polar surface area (TPSA) is 78.9 Å². The Balaban J connectivity index is 2.02. The fourth-order valence-corrected chi connectivity index (χ4v) is 3.28. The molecule has 2 atom stereocenters. The van der Waals surface area contributed by atoms with Crippen molar-refractivity contribution in [2.45, 2.75) is 18.9 Å². The monoisotopic (exact) mass is 352 g/mol. The van der Waals surface area contributed by atoms with E-state index < -0.39 is 5.92 Å². The van der Waals surface area contributed by atoms with E-state index in [1.54, 1.807) is 29.8 Å². The third kappa shape index (κ3) is 4.42. The van der Waals surface area contributed by atoms with Crippen LogP contribution in [0.25, 0.3) is 0 Å². The summed E-state index contributed by atoms with van der Waals surface area (Å²) in [6.07, 6.45) is 2.86. The van der Waals surface area contributed by atoms with Gasteiger partial charge in [0.15, 0.2) is 0 Å². The highest BCUT2D eigenvalue weighted by Gasteiger charge is 2.36. The fourth-order valence-electron chi connectivity index (χ4n) is 2.76. The van der Waals surface area contributed by atoms with Gasteiger partial charge in [-0.2, -0.15) is 11.8 Å². The van der Waals surface area contributed by atoms with Gasteiger partial charge in [-0.25, -0.2) is 0 Å². The van der Waals surface area contributed by atoms with Crippen molar-refractivity contribution in [2.75, 3.05) is 37.2 Å². The Bertz CT molecular complexity index is 581. The molecule has 0 aromatic heterocycles. The maximum Gasteiger partial charge on any atom is 0.227 e. The van der Waals surface area contributed by atoms with Gasteiger partial charge in [0.2, 0.25) is 11.8 Å². The molecule has 0 radical (unpaired) electrons. The Kier molecular flexibility index (Phi) is 6.93. The van der Waals surface area contributed by atoms with Crippen LogP contribution in [0.15, 0.2) is 24.3 Å². The Morgan fingerprint density at radius 3 is 2.92 bits per heavy atom. The molecule has 1 heterocycles. The SMILES string of the molecule is COc1ccccc1N1CC(C(=O)N[C@H](CO)CCSC)CC1=O. The van der Waals surface area contributed by atoms with Crippen LogP contribution in [0.4, 0.5) is 5.69 Å². The molecule has 132 valence electrons. The molecule has 2 rings (SSSR count). The van der Waals surface area contributed by atoms with Gasteiger partial charge in [0.1, 0.15) is 5.75 Å². The zero-order chi connectivity index (χ0) is 17.5. The first-order chi connectivity index (χ1) is 11.6. The van der Waals surface area contributed by atoms with Gasteiger partial charge >= 0.3 is 0 Å². The predicted molar refractivity (Wildman–Crippen MR) is 95.5 cm³/mol. The van der Waals surface area contributed by atoms with E-state index in [2.05, 4.69) is 5.32 Å². The maximum absolute atomic E-state index is 12.4. The average Bonchev–Trinajstić information content (AvgIpc) is 3.00. The number of rotatable bonds is 8. The van der Waals surface area contributed by atoms with Crippen LogP contribution in [0, 0.1) is 5.92 Å². The van der Waals surface area contributed by atoms with E-state index in [1.807, 2.05) is 24.5 Å². The molecular weight excluding hydrogens is 328 g/mol. The third-order valence-corrected chi connectivity index (χ3v) is 4.75. The second-order valence-corrected chi connectivity index (χ2v) is 6.73. The maximum atomic E-state index is 12.4. The van der Waals surface area contributed by atoms with E-state index in [0.29, 0.717) is 24.4 Å². The minimum Gasteiger partial charge on any atom is -0.495 e. The normalized spacial score (nSPS) is 18.5.